The molecule has 4 rings (SSSR count). The molecule has 26 heavy (non-hydrogen) atoms. The van der Waals surface area contributed by atoms with Gasteiger partial charge in [0.1, 0.15) is 0 Å². The number of nitrogens with one attached hydrogen (secondary N) is 1. The highest BCUT2D eigenvalue weighted by Gasteiger charge is 2.28. The Kier molecular flexibility index (Phi) is 5.43. The SMILES string of the molecule is c1ccc(CN(Cc2ccccc2)[C@H]2CCC(c3cnc[nH]3)OC2)cc1. The predicted octanol–water partition coefficient (Wildman–Crippen LogP) is 4.33. The van der Waals surface area contributed by atoms with Crippen LogP contribution in [-0.4, -0.2) is 27.5 Å². The van der Waals surface area contributed by atoms with Gasteiger partial charge in [0.2, 0.25) is 0 Å². The van der Waals surface area contributed by atoms with E-state index in [0.717, 1.165) is 38.2 Å². The van der Waals surface area contributed by atoms with E-state index in [1.165, 1.54) is 11.1 Å². The highest BCUT2D eigenvalue weighted by Crippen LogP contribution is 2.29. The number of aromatic nitrogens is 2. The summed E-state index contributed by atoms with van der Waals surface area (Å²) in [7, 11) is 0. The molecule has 2 heterocycles. The maximum Gasteiger partial charge on any atom is 0.0989 e. The fourth-order valence-electron chi connectivity index (χ4n) is 3.66. The third-order valence-corrected chi connectivity index (χ3v) is 5.09. The minimum Gasteiger partial charge on any atom is -0.370 e. The average Bonchev–Trinajstić information content (AvgIpc) is 3.24. The molecule has 2 aromatic carbocycles. The highest BCUT2D eigenvalue weighted by molar-refractivity contribution is 5.17. The predicted molar refractivity (Wildman–Crippen MR) is 102 cm³/mol. The van der Waals surface area contributed by atoms with Gasteiger partial charge in [0.05, 0.1) is 30.9 Å². The van der Waals surface area contributed by atoms with Crippen LogP contribution in [0.25, 0.3) is 0 Å². The molecule has 0 radical (unpaired) electrons. The maximum absolute atomic E-state index is 6.18. The fraction of sp³-hybridized carbons (Fsp3) is 0.318. The number of imidazole rings is 1. The van der Waals surface area contributed by atoms with Gasteiger partial charge in [-0.25, -0.2) is 4.98 Å². The summed E-state index contributed by atoms with van der Waals surface area (Å²) in [6.45, 7) is 2.64. The molecule has 0 spiro atoms. The first kappa shape index (κ1) is 17.0. The summed E-state index contributed by atoms with van der Waals surface area (Å²) in [5.74, 6) is 0. The van der Waals surface area contributed by atoms with Crippen molar-refractivity contribution >= 4 is 0 Å². The summed E-state index contributed by atoms with van der Waals surface area (Å²) in [5.41, 5.74) is 3.78. The van der Waals surface area contributed by atoms with E-state index >= 15 is 0 Å². The van der Waals surface area contributed by atoms with Crippen LogP contribution in [0.4, 0.5) is 0 Å². The summed E-state index contributed by atoms with van der Waals surface area (Å²) in [5, 5.41) is 0. The number of benzene rings is 2. The van der Waals surface area contributed by atoms with Gasteiger partial charge >= 0.3 is 0 Å². The first-order chi connectivity index (χ1) is 12.9. The van der Waals surface area contributed by atoms with E-state index in [0.29, 0.717) is 6.04 Å². The molecule has 4 heteroatoms. The van der Waals surface area contributed by atoms with Gasteiger partial charge in [-0.15, -0.1) is 0 Å². The van der Waals surface area contributed by atoms with Gasteiger partial charge in [-0.3, -0.25) is 4.90 Å². The van der Waals surface area contributed by atoms with Crippen LogP contribution in [-0.2, 0) is 17.8 Å². The molecule has 1 aliphatic heterocycles. The van der Waals surface area contributed by atoms with Crippen molar-refractivity contribution in [1.29, 1.82) is 0 Å². The van der Waals surface area contributed by atoms with E-state index in [4.69, 9.17) is 4.74 Å². The molecular formula is C22H25N3O. The number of hydrogen-bond donors (Lipinski definition) is 1. The number of H-pyrrole nitrogens is 1. The van der Waals surface area contributed by atoms with Crippen LogP contribution >= 0.6 is 0 Å². The molecule has 4 nitrogen and oxygen atoms in total. The summed E-state index contributed by atoms with van der Waals surface area (Å²) in [6.07, 6.45) is 5.89. The van der Waals surface area contributed by atoms with Gasteiger partial charge < -0.3 is 9.72 Å². The van der Waals surface area contributed by atoms with E-state index in [9.17, 15) is 0 Å². The van der Waals surface area contributed by atoms with E-state index in [2.05, 4.69) is 75.5 Å². The van der Waals surface area contributed by atoms with Crippen molar-refractivity contribution in [3.8, 4) is 0 Å². The summed E-state index contributed by atoms with van der Waals surface area (Å²) in [4.78, 5) is 9.85. The van der Waals surface area contributed by atoms with Crippen LogP contribution in [0.1, 0.15) is 35.8 Å². The quantitative estimate of drug-likeness (QED) is 0.721. The van der Waals surface area contributed by atoms with E-state index in [-0.39, 0.29) is 6.10 Å². The summed E-state index contributed by atoms with van der Waals surface area (Å²) >= 11 is 0. The fourth-order valence-corrected chi connectivity index (χ4v) is 3.66. The molecule has 1 N–H and O–H groups in total. The van der Waals surface area contributed by atoms with Gasteiger partial charge in [-0.1, -0.05) is 60.7 Å². The lowest BCUT2D eigenvalue weighted by Crippen LogP contribution is -2.41. The van der Waals surface area contributed by atoms with Crippen LogP contribution in [0, 0.1) is 0 Å². The van der Waals surface area contributed by atoms with Crippen LogP contribution in [0.5, 0.6) is 0 Å². The average molecular weight is 347 g/mol. The standard InChI is InChI=1S/C22H25N3O/c1-3-7-18(8-4-1)14-25(15-19-9-5-2-6-10-19)20-11-12-22(26-16-20)21-13-23-17-24-21/h1-10,13,17,20,22H,11-12,14-16H2,(H,23,24)/t20-,22?/m0/s1. The van der Waals surface area contributed by atoms with E-state index < -0.39 is 0 Å². The van der Waals surface area contributed by atoms with Crippen LogP contribution < -0.4 is 0 Å². The second-order valence-electron chi connectivity index (χ2n) is 6.94. The van der Waals surface area contributed by atoms with Crippen LogP contribution in [0.2, 0.25) is 0 Å². The van der Waals surface area contributed by atoms with E-state index in [1.807, 2.05) is 6.20 Å². The molecule has 134 valence electrons. The third kappa shape index (κ3) is 4.21. The Morgan fingerprint density at radius 3 is 2.08 bits per heavy atom. The Labute approximate surface area is 154 Å². The summed E-state index contributed by atoms with van der Waals surface area (Å²) < 4.78 is 6.18. The number of rotatable bonds is 6. The molecule has 0 saturated carbocycles. The minimum atomic E-state index is 0.143. The lowest BCUT2D eigenvalue weighted by atomic mass is 10.0. The molecule has 1 aliphatic rings. The van der Waals surface area contributed by atoms with Crippen LogP contribution in [0.3, 0.4) is 0 Å². The molecule has 0 aliphatic carbocycles. The normalized spacial score (nSPS) is 20.3. The molecule has 1 fully saturated rings. The van der Waals surface area contributed by atoms with Crippen molar-refractivity contribution < 1.29 is 4.74 Å². The third-order valence-electron chi connectivity index (χ3n) is 5.09. The molecule has 1 unspecified atom stereocenters. The zero-order valence-corrected chi connectivity index (χ0v) is 14.9. The zero-order chi connectivity index (χ0) is 17.6. The van der Waals surface area contributed by atoms with Crippen molar-refractivity contribution in [3.63, 3.8) is 0 Å². The van der Waals surface area contributed by atoms with Crippen molar-refractivity contribution in [2.24, 2.45) is 0 Å². The smallest absolute Gasteiger partial charge is 0.0989 e. The second kappa shape index (κ2) is 8.30. The zero-order valence-electron chi connectivity index (χ0n) is 14.9. The van der Waals surface area contributed by atoms with Crippen molar-refractivity contribution in [2.45, 2.75) is 38.1 Å². The molecule has 1 aromatic heterocycles. The summed E-state index contributed by atoms with van der Waals surface area (Å²) in [6, 6.07) is 21.8. The number of ether oxygens (including phenoxy) is 1. The van der Waals surface area contributed by atoms with Gasteiger partial charge in [0.25, 0.3) is 0 Å². The number of hydrogen-bond acceptors (Lipinski definition) is 3. The van der Waals surface area contributed by atoms with Crippen molar-refractivity contribution in [2.75, 3.05) is 6.61 Å². The molecule has 3 aromatic rings. The largest absolute Gasteiger partial charge is 0.370 e. The van der Waals surface area contributed by atoms with Gasteiger partial charge in [0.15, 0.2) is 0 Å². The lowest BCUT2D eigenvalue weighted by Gasteiger charge is -2.37. The Balaban J connectivity index is 1.45. The number of nitrogens with zero attached hydrogens (tertiary/aromatic N) is 2. The van der Waals surface area contributed by atoms with Crippen LogP contribution in [0.15, 0.2) is 73.2 Å². The van der Waals surface area contributed by atoms with Gasteiger partial charge in [0, 0.05) is 19.1 Å². The Morgan fingerprint density at radius 2 is 1.58 bits per heavy atom. The molecule has 0 bridgehead atoms. The van der Waals surface area contributed by atoms with E-state index in [1.54, 1.807) is 6.33 Å². The lowest BCUT2D eigenvalue weighted by molar-refractivity contribution is -0.0442. The molecule has 1 saturated heterocycles. The minimum absolute atomic E-state index is 0.143. The van der Waals surface area contributed by atoms with Gasteiger partial charge in [-0.2, -0.15) is 0 Å². The first-order valence-electron chi connectivity index (χ1n) is 9.30. The Bertz CT molecular complexity index is 724. The molecule has 0 amide bonds. The highest BCUT2D eigenvalue weighted by atomic mass is 16.5. The first-order valence-corrected chi connectivity index (χ1v) is 9.30. The van der Waals surface area contributed by atoms with Crippen molar-refractivity contribution in [1.82, 2.24) is 14.9 Å². The van der Waals surface area contributed by atoms with Gasteiger partial charge in [-0.05, 0) is 24.0 Å². The topological polar surface area (TPSA) is 41.2 Å². The Morgan fingerprint density at radius 1 is 0.923 bits per heavy atom. The van der Waals surface area contributed by atoms with Crippen molar-refractivity contribution in [3.05, 3.63) is 90.0 Å². The maximum atomic E-state index is 6.18. The molecular weight excluding hydrogens is 322 g/mol. The number of aromatic amines is 1. The Hall–Kier alpha value is -2.43. The molecule has 2 atom stereocenters. The monoisotopic (exact) mass is 347 g/mol. The second-order valence-corrected chi connectivity index (χ2v) is 6.94.